The molecule has 0 bridgehead atoms. The monoisotopic (exact) mass is 480 g/mol. The molecule has 2 amide bonds. The summed E-state index contributed by atoms with van der Waals surface area (Å²) in [6, 6.07) is 15.9. The Balaban J connectivity index is 1.24. The van der Waals surface area contributed by atoms with Gasteiger partial charge in [0.05, 0.1) is 25.0 Å². The van der Waals surface area contributed by atoms with Gasteiger partial charge in [-0.25, -0.2) is 4.79 Å². The van der Waals surface area contributed by atoms with E-state index in [1.807, 2.05) is 38.1 Å². The number of fused-ring (bicyclic) bond motifs is 3. The summed E-state index contributed by atoms with van der Waals surface area (Å²) >= 11 is 0. The highest BCUT2D eigenvalue weighted by atomic mass is 16.5. The molecule has 8 nitrogen and oxygen atoms in total. The fourth-order valence-corrected chi connectivity index (χ4v) is 4.82. The molecular formula is C27H32N2O6. The lowest BCUT2D eigenvalue weighted by molar-refractivity contribution is -0.138. The second kappa shape index (κ2) is 10.9. The molecule has 2 aromatic carbocycles. The van der Waals surface area contributed by atoms with Crippen molar-refractivity contribution in [3.8, 4) is 11.1 Å². The molecule has 0 saturated carbocycles. The molecular weight excluding hydrogens is 448 g/mol. The smallest absolute Gasteiger partial charge is 0.407 e. The molecule has 1 aliphatic heterocycles. The molecule has 0 radical (unpaired) electrons. The number of carbonyl (C=O) groups is 3. The van der Waals surface area contributed by atoms with Crippen molar-refractivity contribution in [1.82, 2.24) is 10.6 Å². The average molecular weight is 481 g/mol. The van der Waals surface area contributed by atoms with Gasteiger partial charge in [-0.3, -0.25) is 9.59 Å². The van der Waals surface area contributed by atoms with Gasteiger partial charge in [0, 0.05) is 18.5 Å². The van der Waals surface area contributed by atoms with Gasteiger partial charge in [-0.2, -0.15) is 0 Å². The number of ether oxygens (including phenoxy) is 2. The summed E-state index contributed by atoms with van der Waals surface area (Å²) in [4.78, 5) is 36.0. The van der Waals surface area contributed by atoms with Crippen LogP contribution in [0.15, 0.2) is 48.5 Å². The minimum absolute atomic E-state index is 0.00315. The topological polar surface area (TPSA) is 114 Å². The van der Waals surface area contributed by atoms with Gasteiger partial charge in [-0.1, -0.05) is 62.4 Å². The van der Waals surface area contributed by atoms with Crippen LogP contribution in [0.25, 0.3) is 11.1 Å². The summed E-state index contributed by atoms with van der Waals surface area (Å²) in [5, 5.41) is 14.6. The third kappa shape index (κ3) is 5.82. The minimum Gasteiger partial charge on any atom is -0.481 e. The Morgan fingerprint density at radius 2 is 1.69 bits per heavy atom. The van der Waals surface area contributed by atoms with Crippen LogP contribution in [0.4, 0.5) is 4.79 Å². The molecule has 1 aliphatic carbocycles. The molecule has 35 heavy (non-hydrogen) atoms. The van der Waals surface area contributed by atoms with Crippen LogP contribution in [0.5, 0.6) is 0 Å². The number of hydrogen-bond acceptors (Lipinski definition) is 5. The van der Waals surface area contributed by atoms with Gasteiger partial charge in [0.2, 0.25) is 5.91 Å². The predicted octanol–water partition coefficient (Wildman–Crippen LogP) is 3.55. The lowest BCUT2D eigenvalue weighted by atomic mass is 9.98. The summed E-state index contributed by atoms with van der Waals surface area (Å²) in [6.07, 6.45) is -0.496. The van der Waals surface area contributed by atoms with Crippen molar-refractivity contribution in [3.63, 3.8) is 0 Å². The first kappa shape index (κ1) is 24.7. The number of aliphatic carboxylic acids is 1. The van der Waals surface area contributed by atoms with Crippen molar-refractivity contribution >= 4 is 18.0 Å². The maximum absolute atomic E-state index is 12.6. The summed E-state index contributed by atoms with van der Waals surface area (Å²) in [5.74, 6) is -1.54. The van der Waals surface area contributed by atoms with E-state index >= 15 is 0 Å². The van der Waals surface area contributed by atoms with Crippen LogP contribution in [0, 0.1) is 11.8 Å². The Kier molecular flexibility index (Phi) is 7.70. The minimum atomic E-state index is -0.947. The van der Waals surface area contributed by atoms with Gasteiger partial charge >= 0.3 is 12.1 Å². The van der Waals surface area contributed by atoms with Gasteiger partial charge in [0.1, 0.15) is 6.61 Å². The zero-order chi connectivity index (χ0) is 24.9. The van der Waals surface area contributed by atoms with E-state index in [9.17, 15) is 14.4 Å². The van der Waals surface area contributed by atoms with Gasteiger partial charge in [0.25, 0.3) is 0 Å². The summed E-state index contributed by atoms with van der Waals surface area (Å²) in [5.41, 5.74) is 4.64. The molecule has 1 heterocycles. The first-order valence-electron chi connectivity index (χ1n) is 12.1. The average Bonchev–Trinajstić information content (AvgIpc) is 3.44. The van der Waals surface area contributed by atoms with E-state index in [-0.39, 0.29) is 55.9 Å². The summed E-state index contributed by atoms with van der Waals surface area (Å²) < 4.78 is 11.2. The SMILES string of the molecule is CC(C)C(CC(=O)O)NC(=O)C1COC(CNC(=O)OCC2c3ccccc3-c3ccccc32)C1. The standard InChI is InChI=1S/C27H32N2O6/c1-16(2)24(12-25(30)31)29-26(32)17-11-18(34-14-17)13-28-27(33)35-15-23-21-9-5-3-7-19(21)20-8-4-6-10-22(20)23/h3-10,16-18,23-24H,11-15H2,1-2H3,(H,28,33)(H,29,32)(H,30,31). The van der Waals surface area contributed by atoms with E-state index in [0.717, 1.165) is 11.1 Å². The Bertz CT molecular complexity index is 1040. The molecule has 186 valence electrons. The highest BCUT2D eigenvalue weighted by molar-refractivity contribution is 5.80. The van der Waals surface area contributed by atoms with Crippen molar-refractivity contribution in [3.05, 3.63) is 59.7 Å². The Morgan fingerprint density at radius 3 is 2.29 bits per heavy atom. The summed E-state index contributed by atoms with van der Waals surface area (Å²) in [7, 11) is 0. The zero-order valence-electron chi connectivity index (χ0n) is 20.0. The second-order valence-corrected chi connectivity index (χ2v) is 9.55. The number of benzene rings is 2. The van der Waals surface area contributed by atoms with Crippen LogP contribution in [0.1, 0.15) is 43.7 Å². The van der Waals surface area contributed by atoms with Crippen molar-refractivity contribution in [2.24, 2.45) is 11.8 Å². The van der Waals surface area contributed by atoms with Crippen LogP contribution in [0.2, 0.25) is 0 Å². The molecule has 1 fully saturated rings. The molecule has 0 spiro atoms. The third-order valence-electron chi connectivity index (χ3n) is 6.80. The zero-order valence-corrected chi connectivity index (χ0v) is 20.0. The van der Waals surface area contributed by atoms with Gasteiger partial charge in [-0.05, 0) is 34.6 Å². The number of alkyl carbamates (subject to hydrolysis) is 1. The molecule has 2 aliphatic rings. The molecule has 0 aromatic heterocycles. The van der Waals surface area contributed by atoms with E-state index in [1.54, 1.807) is 0 Å². The maximum Gasteiger partial charge on any atom is 0.407 e. The number of carboxylic acids is 1. The van der Waals surface area contributed by atoms with Gasteiger partial charge < -0.3 is 25.2 Å². The number of rotatable bonds is 9. The van der Waals surface area contributed by atoms with Crippen molar-refractivity contribution in [1.29, 1.82) is 0 Å². The van der Waals surface area contributed by atoms with E-state index in [4.69, 9.17) is 14.6 Å². The number of nitrogens with one attached hydrogen (secondary N) is 2. The summed E-state index contributed by atoms with van der Waals surface area (Å²) in [6.45, 7) is 4.46. The molecule has 8 heteroatoms. The van der Waals surface area contributed by atoms with Crippen molar-refractivity contribution in [2.75, 3.05) is 19.8 Å². The molecule has 3 atom stereocenters. The molecule has 2 aromatic rings. The fraction of sp³-hybridized carbons (Fsp3) is 0.444. The number of carbonyl (C=O) groups excluding carboxylic acids is 2. The highest BCUT2D eigenvalue weighted by Gasteiger charge is 2.33. The third-order valence-corrected chi connectivity index (χ3v) is 6.80. The first-order valence-corrected chi connectivity index (χ1v) is 12.1. The van der Waals surface area contributed by atoms with Crippen LogP contribution < -0.4 is 10.6 Å². The molecule has 4 rings (SSSR count). The van der Waals surface area contributed by atoms with Gasteiger partial charge in [0.15, 0.2) is 0 Å². The van der Waals surface area contributed by atoms with E-state index in [1.165, 1.54) is 11.1 Å². The normalized spacial score (nSPS) is 19.6. The molecule has 3 unspecified atom stereocenters. The van der Waals surface area contributed by atoms with Crippen LogP contribution in [0.3, 0.4) is 0 Å². The fourth-order valence-electron chi connectivity index (χ4n) is 4.82. The largest absolute Gasteiger partial charge is 0.481 e. The maximum atomic E-state index is 12.6. The Morgan fingerprint density at radius 1 is 1.06 bits per heavy atom. The Hall–Kier alpha value is -3.39. The van der Waals surface area contributed by atoms with Gasteiger partial charge in [-0.15, -0.1) is 0 Å². The highest BCUT2D eigenvalue weighted by Crippen LogP contribution is 2.44. The first-order chi connectivity index (χ1) is 16.8. The van der Waals surface area contributed by atoms with Crippen LogP contribution in [-0.2, 0) is 19.1 Å². The quantitative estimate of drug-likeness (QED) is 0.506. The Labute approximate surface area is 205 Å². The number of amides is 2. The van der Waals surface area contributed by atoms with E-state index in [0.29, 0.717) is 6.42 Å². The number of hydrogen-bond donors (Lipinski definition) is 3. The molecule has 3 N–H and O–H groups in total. The molecule has 1 saturated heterocycles. The lowest BCUT2D eigenvalue weighted by Gasteiger charge is -2.22. The van der Waals surface area contributed by atoms with E-state index < -0.39 is 18.1 Å². The van der Waals surface area contributed by atoms with Crippen LogP contribution in [-0.4, -0.2) is 55.0 Å². The van der Waals surface area contributed by atoms with Crippen molar-refractivity contribution < 1.29 is 29.0 Å². The van der Waals surface area contributed by atoms with E-state index in [2.05, 4.69) is 34.9 Å². The number of carboxylic acid groups (broad SMARTS) is 1. The van der Waals surface area contributed by atoms with Crippen molar-refractivity contribution in [2.45, 2.75) is 44.8 Å². The second-order valence-electron chi connectivity index (χ2n) is 9.55. The predicted molar refractivity (Wildman–Crippen MR) is 130 cm³/mol. The van der Waals surface area contributed by atoms with Crippen LogP contribution >= 0.6 is 0 Å². The lowest BCUT2D eigenvalue weighted by Crippen LogP contribution is -2.43.